The second kappa shape index (κ2) is 10.7. The Morgan fingerprint density at radius 3 is 2.72 bits per heavy atom. The summed E-state index contributed by atoms with van der Waals surface area (Å²) in [7, 11) is -4.29. The van der Waals surface area contributed by atoms with E-state index in [1.165, 1.54) is 24.7 Å². The summed E-state index contributed by atoms with van der Waals surface area (Å²) in [6.07, 6.45) is 4.32. The van der Waals surface area contributed by atoms with Gasteiger partial charge in [-0.05, 0) is 51.7 Å². The van der Waals surface area contributed by atoms with E-state index < -0.39 is 55.0 Å². The zero-order chi connectivity index (χ0) is 30.6. The molecule has 232 valence electrons. The molecule has 6 atom stereocenters. The Morgan fingerprint density at radius 1 is 1.28 bits per heavy atom. The third-order valence-electron chi connectivity index (χ3n) is 8.51. The molecule has 1 aromatic carbocycles. The van der Waals surface area contributed by atoms with Gasteiger partial charge >= 0.3 is 13.7 Å². The van der Waals surface area contributed by atoms with Crippen LogP contribution >= 0.6 is 7.75 Å². The molecule has 2 aliphatic carbocycles. The summed E-state index contributed by atoms with van der Waals surface area (Å²) in [6.45, 7) is 2.38. The number of hydrogen-bond donors (Lipinski definition) is 5. The van der Waals surface area contributed by atoms with Crippen LogP contribution in [0.3, 0.4) is 0 Å². The number of hydrogen-bond acceptors (Lipinski definition) is 12. The fourth-order valence-corrected chi connectivity index (χ4v) is 7.50. The van der Waals surface area contributed by atoms with Crippen molar-refractivity contribution >= 4 is 30.8 Å². The number of ether oxygens (including phenoxy) is 2. The first-order chi connectivity index (χ1) is 20.4. The third-order valence-corrected chi connectivity index (χ3v) is 10.1. The van der Waals surface area contributed by atoms with Gasteiger partial charge in [0.2, 0.25) is 5.95 Å². The van der Waals surface area contributed by atoms with Gasteiger partial charge in [-0.25, -0.2) is 9.55 Å². The predicted molar refractivity (Wildman–Crippen MR) is 152 cm³/mol. The number of aromatic amines is 1. The van der Waals surface area contributed by atoms with E-state index in [1.807, 2.05) is 0 Å². The van der Waals surface area contributed by atoms with E-state index in [-0.39, 0.29) is 35.4 Å². The maximum Gasteiger partial charge on any atom is 0.459 e. The molecule has 1 unspecified atom stereocenters. The van der Waals surface area contributed by atoms with Crippen LogP contribution in [0.15, 0.2) is 41.5 Å². The van der Waals surface area contributed by atoms with Gasteiger partial charge in [-0.2, -0.15) is 10.1 Å². The highest BCUT2D eigenvalue weighted by Crippen LogP contribution is 2.68. The first-order valence-corrected chi connectivity index (χ1v) is 15.7. The van der Waals surface area contributed by atoms with Crippen LogP contribution in [0, 0.1) is 0 Å². The van der Waals surface area contributed by atoms with Crippen LogP contribution in [0.4, 0.5) is 5.95 Å². The summed E-state index contributed by atoms with van der Waals surface area (Å²) in [5, 5.41) is 25.7. The fourth-order valence-electron chi connectivity index (χ4n) is 5.97. The van der Waals surface area contributed by atoms with E-state index in [0.29, 0.717) is 0 Å². The van der Waals surface area contributed by atoms with E-state index in [4.69, 9.17) is 24.3 Å². The molecular formula is C27H35N6O9P. The molecule has 6 rings (SSSR count). The zero-order valence-electron chi connectivity index (χ0n) is 23.8. The molecule has 0 spiro atoms. The zero-order valence-corrected chi connectivity index (χ0v) is 24.7. The summed E-state index contributed by atoms with van der Waals surface area (Å²) in [5.74, 6) is -0.548. The third kappa shape index (κ3) is 5.23. The standard InChI is InChI=1S/C27H35N6O9P/c1-16(22(35)40-17-9-5-3-6-10-17)32-43(38,42-18-11-7-4-8-12-18)39-14-26-13-27(26,37)25(2,36)23(41-26)33-15-29-19-20(33)30-24(28)31-21(19)34/h4,7-8,11-12,15-17,23,36-37H,3,5-6,9-10,13-14H2,1-2H3,(H,32,38)(H3,28,30,31,34)/t16-,23+,25-,26+,27-,43?/m0/s1. The minimum atomic E-state index is -4.29. The topological polar surface area (TPSA) is 213 Å². The molecule has 16 heteroatoms. The lowest BCUT2D eigenvalue weighted by atomic mass is 9.94. The second-order valence-electron chi connectivity index (χ2n) is 11.6. The van der Waals surface area contributed by atoms with Crippen LogP contribution in [0.5, 0.6) is 5.75 Å². The Morgan fingerprint density at radius 2 is 2.00 bits per heavy atom. The smallest absolute Gasteiger partial charge is 0.459 e. The van der Waals surface area contributed by atoms with Gasteiger partial charge in [-0.3, -0.25) is 23.7 Å². The van der Waals surface area contributed by atoms with Crippen molar-refractivity contribution in [3.8, 4) is 5.75 Å². The van der Waals surface area contributed by atoms with Crippen molar-refractivity contribution in [1.29, 1.82) is 0 Å². The summed E-state index contributed by atoms with van der Waals surface area (Å²) in [5.41, 5.74) is -0.140. The maximum absolute atomic E-state index is 14.1. The number of aromatic nitrogens is 4. The predicted octanol–water partition coefficient (Wildman–Crippen LogP) is 1.91. The number of esters is 1. The Balaban J connectivity index is 1.22. The van der Waals surface area contributed by atoms with Gasteiger partial charge in [-0.15, -0.1) is 0 Å². The summed E-state index contributed by atoms with van der Waals surface area (Å²) < 4.78 is 38.8. The number of carbonyl (C=O) groups excluding carboxylic acids is 1. The summed E-state index contributed by atoms with van der Waals surface area (Å²) >= 11 is 0. The molecule has 3 aliphatic rings. The number of H-pyrrole nitrogens is 1. The number of nitrogens with one attached hydrogen (secondary N) is 2. The molecule has 2 saturated carbocycles. The second-order valence-corrected chi connectivity index (χ2v) is 13.3. The molecule has 1 saturated heterocycles. The Hall–Kier alpha value is -3.33. The van der Waals surface area contributed by atoms with Crippen molar-refractivity contribution in [2.75, 3.05) is 12.3 Å². The van der Waals surface area contributed by atoms with Crippen molar-refractivity contribution in [2.24, 2.45) is 0 Å². The van der Waals surface area contributed by atoms with Crippen molar-refractivity contribution in [1.82, 2.24) is 24.6 Å². The molecule has 0 radical (unpaired) electrons. The molecule has 3 heterocycles. The van der Waals surface area contributed by atoms with Crippen LogP contribution < -0.4 is 20.9 Å². The molecule has 0 bridgehead atoms. The summed E-state index contributed by atoms with van der Waals surface area (Å²) in [6, 6.07) is 7.21. The Labute approximate surface area is 246 Å². The van der Waals surface area contributed by atoms with Gasteiger partial charge in [0.1, 0.15) is 34.7 Å². The number of para-hydroxylation sites is 1. The lowest BCUT2D eigenvalue weighted by Crippen LogP contribution is -2.46. The first-order valence-electron chi connectivity index (χ1n) is 14.2. The highest BCUT2D eigenvalue weighted by atomic mass is 31.2. The van der Waals surface area contributed by atoms with Crippen molar-refractivity contribution in [3.63, 3.8) is 0 Å². The normalized spacial score (nSPS) is 30.8. The van der Waals surface area contributed by atoms with Crippen molar-refractivity contribution in [2.45, 2.75) is 87.5 Å². The van der Waals surface area contributed by atoms with Crippen molar-refractivity contribution < 1.29 is 38.1 Å². The van der Waals surface area contributed by atoms with Gasteiger partial charge in [0.25, 0.3) is 5.56 Å². The highest BCUT2D eigenvalue weighted by molar-refractivity contribution is 7.52. The van der Waals surface area contributed by atoms with Gasteiger partial charge in [0, 0.05) is 6.42 Å². The average Bonchev–Trinajstić information content (AvgIpc) is 3.27. The van der Waals surface area contributed by atoms with E-state index >= 15 is 0 Å². The average molecular weight is 619 g/mol. The number of imidazole rings is 1. The Kier molecular flexibility index (Phi) is 7.39. The molecule has 3 fully saturated rings. The van der Waals surface area contributed by atoms with E-state index in [2.05, 4.69) is 20.0 Å². The molecule has 43 heavy (non-hydrogen) atoms. The largest absolute Gasteiger partial charge is 0.461 e. The number of aliphatic hydroxyl groups is 2. The van der Waals surface area contributed by atoms with Crippen LogP contribution in [0.2, 0.25) is 0 Å². The maximum atomic E-state index is 14.1. The molecule has 6 N–H and O–H groups in total. The van der Waals surface area contributed by atoms with Gasteiger partial charge in [-0.1, -0.05) is 24.6 Å². The van der Waals surface area contributed by atoms with Crippen LogP contribution in [-0.2, 0) is 23.4 Å². The SMILES string of the molecule is C[C@H](NP(=O)(OC[C@]12C[C@]1(O)[C@@](C)(O)[C@H](n1cnc3c(=O)[nH]c(N)nc31)O2)Oc1ccccc1)C(=O)OC1CCCCC1. The lowest BCUT2D eigenvalue weighted by molar-refractivity contribution is -0.152. The molecular weight excluding hydrogens is 583 g/mol. The lowest BCUT2D eigenvalue weighted by Gasteiger charge is -2.31. The van der Waals surface area contributed by atoms with Gasteiger partial charge in [0.15, 0.2) is 17.4 Å². The number of fused-ring (bicyclic) bond motifs is 2. The number of benzene rings is 1. The number of rotatable bonds is 10. The molecule has 1 aliphatic heterocycles. The molecule has 2 aromatic heterocycles. The minimum Gasteiger partial charge on any atom is -0.461 e. The summed E-state index contributed by atoms with van der Waals surface area (Å²) in [4.78, 5) is 35.7. The minimum absolute atomic E-state index is 0.0366. The van der Waals surface area contributed by atoms with E-state index in [9.17, 15) is 24.4 Å². The first kappa shape index (κ1) is 29.7. The number of nitrogens with two attached hydrogens (primary N) is 1. The van der Waals surface area contributed by atoms with E-state index in [1.54, 1.807) is 30.3 Å². The molecule has 0 amide bonds. The molecule has 15 nitrogen and oxygen atoms in total. The Bertz CT molecular complexity index is 1620. The number of anilines is 1. The molecule has 3 aromatic rings. The van der Waals surface area contributed by atoms with Gasteiger partial charge < -0.3 is 29.9 Å². The van der Waals surface area contributed by atoms with E-state index in [0.717, 1.165) is 32.1 Å². The number of nitrogens with zero attached hydrogens (tertiary/aromatic N) is 3. The van der Waals surface area contributed by atoms with Crippen molar-refractivity contribution in [3.05, 3.63) is 47.0 Å². The van der Waals surface area contributed by atoms with Crippen LogP contribution in [0.25, 0.3) is 11.2 Å². The van der Waals surface area contributed by atoms with Crippen LogP contribution in [-0.4, -0.2) is 71.3 Å². The van der Waals surface area contributed by atoms with Gasteiger partial charge in [0.05, 0.1) is 12.9 Å². The quantitative estimate of drug-likeness (QED) is 0.162. The monoisotopic (exact) mass is 618 g/mol. The number of carbonyl (C=O) groups is 1. The number of nitrogen functional groups attached to an aromatic ring is 1. The van der Waals surface area contributed by atoms with Crippen LogP contribution in [0.1, 0.15) is 58.6 Å². The highest BCUT2D eigenvalue weighted by Gasteiger charge is 2.84. The fraction of sp³-hybridized carbons (Fsp3) is 0.556.